The van der Waals surface area contributed by atoms with Crippen LogP contribution in [0.1, 0.15) is 34.1 Å². The maximum absolute atomic E-state index is 11.6. The second-order valence-electron chi connectivity index (χ2n) is 6.01. The molecule has 0 aliphatic rings. The van der Waals surface area contributed by atoms with E-state index in [1.165, 1.54) is 0 Å². The fourth-order valence-electron chi connectivity index (χ4n) is 2.17. The molecule has 2 aromatic heterocycles. The number of fused-ring (bicyclic) bond motifs is 1. The summed E-state index contributed by atoms with van der Waals surface area (Å²) in [6.45, 7) is 8.88. The lowest BCUT2D eigenvalue weighted by molar-refractivity contribution is -0.120. The average molecular weight is 385 g/mol. The highest BCUT2D eigenvalue weighted by molar-refractivity contribution is 7.99. The van der Waals surface area contributed by atoms with Gasteiger partial charge in [0.15, 0.2) is 10.8 Å². The first-order valence-electron chi connectivity index (χ1n) is 8.47. The predicted octanol–water partition coefficient (Wildman–Crippen LogP) is 2.89. The lowest BCUT2D eigenvalue weighted by atomic mass is 10.3. The van der Waals surface area contributed by atoms with Gasteiger partial charge in [-0.15, -0.1) is 11.6 Å². The number of carbonyl (C=O) groups is 1. The first-order chi connectivity index (χ1) is 11.9. The third-order valence-corrected chi connectivity index (χ3v) is 4.57. The van der Waals surface area contributed by atoms with E-state index in [4.69, 9.17) is 11.6 Å². The van der Waals surface area contributed by atoms with Crippen molar-refractivity contribution in [2.45, 2.75) is 57.2 Å². The lowest BCUT2D eigenvalue weighted by Crippen LogP contribution is -2.32. The standard InChI is InChI=1S/C16H25ClN6OS/c1-5-8-25-16-21-13(20-10(2)3)12-9-19-23(14(12)22-16)7-6-18-15(24)11(4)17/h9-11H,5-8H2,1-4H3,(H,18,24)(H,20,21,22). The summed E-state index contributed by atoms with van der Waals surface area (Å²) in [5.41, 5.74) is 0.768. The Balaban J connectivity index is 2.24. The van der Waals surface area contributed by atoms with Gasteiger partial charge in [-0.25, -0.2) is 14.6 Å². The second-order valence-corrected chi connectivity index (χ2v) is 7.73. The molecular weight excluding hydrogens is 360 g/mol. The minimum Gasteiger partial charge on any atom is -0.367 e. The second kappa shape index (κ2) is 9.24. The molecule has 2 aromatic rings. The van der Waals surface area contributed by atoms with E-state index in [0.29, 0.717) is 13.1 Å². The van der Waals surface area contributed by atoms with Crippen molar-refractivity contribution < 1.29 is 4.79 Å². The largest absolute Gasteiger partial charge is 0.367 e. The number of carbonyl (C=O) groups excluding carboxylic acids is 1. The fraction of sp³-hybridized carbons (Fsp3) is 0.625. The minimum atomic E-state index is -0.546. The van der Waals surface area contributed by atoms with E-state index < -0.39 is 5.38 Å². The number of alkyl halides is 1. The summed E-state index contributed by atoms with van der Waals surface area (Å²) in [5.74, 6) is 1.57. The number of halogens is 1. The van der Waals surface area contributed by atoms with E-state index in [1.54, 1.807) is 29.6 Å². The molecule has 0 saturated carbocycles. The van der Waals surface area contributed by atoms with E-state index in [1.807, 2.05) is 0 Å². The third kappa shape index (κ3) is 5.47. The maximum atomic E-state index is 11.6. The van der Waals surface area contributed by atoms with Gasteiger partial charge >= 0.3 is 0 Å². The van der Waals surface area contributed by atoms with Gasteiger partial charge in [-0.3, -0.25) is 4.79 Å². The van der Waals surface area contributed by atoms with Crippen LogP contribution in [0.3, 0.4) is 0 Å². The Labute approximate surface area is 157 Å². The highest BCUT2D eigenvalue weighted by Crippen LogP contribution is 2.25. The molecule has 0 radical (unpaired) electrons. The maximum Gasteiger partial charge on any atom is 0.237 e. The van der Waals surface area contributed by atoms with Crippen LogP contribution in [-0.2, 0) is 11.3 Å². The topological polar surface area (TPSA) is 84.7 Å². The summed E-state index contributed by atoms with van der Waals surface area (Å²) < 4.78 is 1.79. The van der Waals surface area contributed by atoms with Gasteiger partial charge in [0, 0.05) is 18.3 Å². The molecule has 25 heavy (non-hydrogen) atoms. The highest BCUT2D eigenvalue weighted by atomic mass is 35.5. The van der Waals surface area contributed by atoms with Crippen LogP contribution >= 0.6 is 23.4 Å². The third-order valence-electron chi connectivity index (χ3n) is 3.32. The number of aromatic nitrogens is 4. The van der Waals surface area contributed by atoms with Crippen LogP contribution in [0.15, 0.2) is 11.4 Å². The molecule has 1 unspecified atom stereocenters. The van der Waals surface area contributed by atoms with Gasteiger partial charge < -0.3 is 10.6 Å². The molecule has 2 heterocycles. The Bertz CT molecular complexity index is 718. The quantitative estimate of drug-likeness (QED) is 0.393. The molecule has 2 N–H and O–H groups in total. The van der Waals surface area contributed by atoms with Crippen LogP contribution in [0.2, 0.25) is 0 Å². The normalized spacial score (nSPS) is 12.6. The zero-order valence-corrected chi connectivity index (χ0v) is 16.6. The predicted molar refractivity (Wildman–Crippen MR) is 103 cm³/mol. The molecule has 0 aromatic carbocycles. The number of hydrogen-bond donors (Lipinski definition) is 2. The molecule has 138 valence electrons. The number of nitrogens with one attached hydrogen (secondary N) is 2. The number of anilines is 1. The number of nitrogens with zero attached hydrogens (tertiary/aromatic N) is 4. The van der Waals surface area contributed by atoms with Crippen molar-refractivity contribution >= 4 is 46.1 Å². The Hall–Kier alpha value is -1.54. The van der Waals surface area contributed by atoms with Gasteiger partial charge in [0.25, 0.3) is 0 Å². The molecule has 7 nitrogen and oxygen atoms in total. The molecule has 0 aliphatic heterocycles. The Morgan fingerprint density at radius 3 is 2.76 bits per heavy atom. The number of amides is 1. The monoisotopic (exact) mass is 384 g/mol. The Morgan fingerprint density at radius 2 is 2.12 bits per heavy atom. The van der Waals surface area contributed by atoms with Crippen LogP contribution in [0.4, 0.5) is 5.82 Å². The molecular formula is C16H25ClN6OS. The first kappa shape index (κ1) is 19.8. The Kier molecular flexibility index (Phi) is 7.31. The molecule has 0 saturated heterocycles. The van der Waals surface area contributed by atoms with Gasteiger partial charge in [-0.05, 0) is 27.2 Å². The molecule has 1 atom stereocenters. The van der Waals surface area contributed by atoms with Crippen LogP contribution in [0, 0.1) is 0 Å². The van der Waals surface area contributed by atoms with E-state index in [9.17, 15) is 4.79 Å². The van der Waals surface area contributed by atoms with Gasteiger partial charge in [-0.2, -0.15) is 5.10 Å². The molecule has 1 amide bonds. The van der Waals surface area contributed by atoms with Crippen LogP contribution < -0.4 is 10.6 Å². The summed E-state index contributed by atoms with van der Waals surface area (Å²) in [5, 5.41) is 11.6. The summed E-state index contributed by atoms with van der Waals surface area (Å²) in [6.07, 6.45) is 2.82. The lowest BCUT2D eigenvalue weighted by Gasteiger charge is -2.12. The van der Waals surface area contributed by atoms with Gasteiger partial charge in [-0.1, -0.05) is 18.7 Å². The fourth-order valence-corrected chi connectivity index (χ4v) is 2.94. The van der Waals surface area contributed by atoms with Crippen molar-refractivity contribution in [2.24, 2.45) is 0 Å². The Morgan fingerprint density at radius 1 is 1.36 bits per heavy atom. The van der Waals surface area contributed by atoms with Gasteiger partial charge in [0.2, 0.25) is 5.91 Å². The zero-order valence-electron chi connectivity index (χ0n) is 15.0. The van der Waals surface area contributed by atoms with E-state index in [-0.39, 0.29) is 11.9 Å². The van der Waals surface area contributed by atoms with Crippen LogP contribution in [0.25, 0.3) is 11.0 Å². The summed E-state index contributed by atoms with van der Waals surface area (Å²) in [7, 11) is 0. The number of rotatable bonds is 9. The molecule has 2 rings (SSSR count). The molecule has 0 fully saturated rings. The number of thioether (sulfide) groups is 1. The highest BCUT2D eigenvalue weighted by Gasteiger charge is 2.14. The van der Waals surface area contributed by atoms with Crippen LogP contribution in [0.5, 0.6) is 0 Å². The molecule has 0 bridgehead atoms. The zero-order chi connectivity index (χ0) is 18.4. The van der Waals surface area contributed by atoms with Gasteiger partial charge in [0.1, 0.15) is 11.2 Å². The summed E-state index contributed by atoms with van der Waals surface area (Å²) in [4.78, 5) is 20.8. The summed E-state index contributed by atoms with van der Waals surface area (Å²) in [6, 6.07) is 0.259. The van der Waals surface area contributed by atoms with E-state index in [0.717, 1.165) is 34.2 Å². The summed E-state index contributed by atoms with van der Waals surface area (Å²) >= 11 is 7.39. The number of hydrogen-bond acceptors (Lipinski definition) is 6. The van der Waals surface area contributed by atoms with Crippen LogP contribution in [-0.4, -0.2) is 49.4 Å². The van der Waals surface area contributed by atoms with Crippen molar-refractivity contribution in [3.8, 4) is 0 Å². The average Bonchev–Trinajstić information content (AvgIpc) is 2.95. The minimum absolute atomic E-state index is 0.186. The molecule has 0 spiro atoms. The molecule has 0 aliphatic carbocycles. The molecule has 9 heteroatoms. The van der Waals surface area contributed by atoms with Crippen molar-refractivity contribution in [2.75, 3.05) is 17.6 Å². The van der Waals surface area contributed by atoms with E-state index in [2.05, 4.69) is 46.5 Å². The van der Waals surface area contributed by atoms with Crippen molar-refractivity contribution in [3.63, 3.8) is 0 Å². The van der Waals surface area contributed by atoms with Crippen molar-refractivity contribution in [1.82, 2.24) is 25.1 Å². The van der Waals surface area contributed by atoms with E-state index >= 15 is 0 Å². The smallest absolute Gasteiger partial charge is 0.237 e. The van der Waals surface area contributed by atoms with Gasteiger partial charge in [0.05, 0.1) is 18.1 Å². The van der Waals surface area contributed by atoms with Crippen molar-refractivity contribution in [1.29, 1.82) is 0 Å². The van der Waals surface area contributed by atoms with Crippen molar-refractivity contribution in [3.05, 3.63) is 6.20 Å². The SMILES string of the molecule is CCCSc1nc(NC(C)C)c2cnn(CCNC(=O)C(C)Cl)c2n1. The first-order valence-corrected chi connectivity index (χ1v) is 9.89.